The number of hydrogen-bond donors (Lipinski definition) is 0. The van der Waals surface area contributed by atoms with E-state index in [0.717, 1.165) is 10.5 Å². The highest BCUT2D eigenvalue weighted by Gasteiger charge is 2.33. The molecule has 0 heterocycles. The maximum absolute atomic E-state index is 12.5. The molecule has 1 rings (SSSR count). The van der Waals surface area contributed by atoms with Crippen LogP contribution in [0.1, 0.15) is 15.9 Å². The zero-order chi connectivity index (χ0) is 14.6. The molecule has 0 aliphatic heterocycles. The first-order chi connectivity index (χ1) is 8.76. The topological polar surface area (TPSA) is 20.3 Å². The number of nitrogens with zero attached hydrogens (tertiary/aromatic N) is 1. The molecule has 0 aliphatic carbocycles. The van der Waals surface area contributed by atoms with Gasteiger partial charge in [0.2, 0.25) is 0 Å². The molecule has 0 saturated heterocycles. The van der Waals surface area contributed by atoms with E-state index in [1.807, 2.05) is 35.6 Å². The molecule has 19 heavy (non-hydrogen) atoms. The van der Waals surface area contributed by atoms with Crippen LogP contribution < -0.4 is 0 Å². The van der Waals surface area contributed by atoms with Crippen LogP contribution in [0.15, 0.2) is 18.2 Å². The predicted molar refractivity (Wildman–Crippen MR) is 79.6 cm³/mol. The molecule has 2 nitrogen and oxygen atoms in total. The Balaban J connectivity index is 3.02. The molecule has 0 saturated carbocycles. The molecule has 0 aromatic heterocycles. The molecule has 0 unspecified atom stereocenters. The van der Waals surface area contributed by atoms with Crippen LogP contribution in [0.4, 0.5) is 13.2 Å². The van der Waals surface area contributed by atoms with E-state index in [2.05, 4.69) is 15.9 Å². The first kappa shape index (κ1) is 16.7. The Labute approximate surface area is 131 Å². The van der Waals surface area contributed by atoms with Crippen LogP contribution >= 0.6 is 38.5 Å². The van der Waals surface area contributed by atoms with Gasteiger partial charge in [-0.1, -0.05) is 28.1 Å². The summed E-state index contributed by atoms with van der Waals surface area (Å²) < 4.78 is 38.1. The molecule has 0 N–H and O–H groups in total. The summed E-state index contributed by atoms with van der Waals surface area (Å²) in [6, 6.07) is 5.04. The fraction of sp³-hybridized carbons (Fsp3) is 0.417. The second-order valence-electron chi connectivity index (χ2n) is 3.97. The van der Waals surface area contributed by atoms with Crippen LogP contribution in [0.25, 0.3) is 0 Å². The Hall–Kier alpha value is -0.310. The zero-order valence-electron chi connectivity index (χ0n) is 10.1. The number of carbonyl (C=O) groups is 1. The maximum atomic E-state index is 12.5. The summed E-state index contributed by atoms with van der Waals surface area (Å²) in [6.45, 7) is 0.598. The lowest BCUT2D eigenvalue weighted by atomic mass is 10.1. The minimum atomic E-state index is -4.40. The molecule has 1 amide bonds. The molecule has 0 atom stereocenters. The van der Waals surface area contributed by atoms with Crippen molar-refractivity contribution in [3.05, 3.63) is 32.9 Å². The SMILES string of the molecule is Cc1cccc(C(=O)N(CCBr)CC(F)(F)F)c1I. The first-order valence-electron chi connectivity index (χ1n) is 5.43. The summed E-state index contributed by atoms with van der Waals surface area (Å²) in [7, 11) is 0. The van der Waals surface area contributed by atoms with Crippen LogP contribution in [-0.4, -0.2) is 35.4 Å². The highest BCUT2D eigenvalue weighted by Crippen LogP contribution is 2.22. The second kappa shape index (κ2) is 6.92. The number of aryl methyl sites for hydroxylation is 1. The van der Waals surface area contributed by atoms with E-state index >= 15 is 0 Å². The number of rotatable bonds is 4. The summed E-state index contributed by atoms with van der Waals surface area (Å²) in [5.74, 6) is -0.593. The van der Waals surface area contributed by atoms with Crippen LogP contribution in [0, 0.1) is 10.5 Å². The molecular formula is C12H12BrF3INO. The first-order valence-corrected chi connectivity index (χ1v) is 7.63. The van der Waals surface area contributed by atoms with Crippen molar-refractivity contribution in [3.63, 3.8) is 0 Å². The Morgan fingerprint density at radius 3 is 2.58 bits per heavy atom. The lowest BCUT2D eigenvalue weighted by Crippen LogP contribution is -2.40. The van der Waals surface area contributed by atoms with Gasteiger partial charge in [0.15, 0.2) is 0 Å². The van der Waals surface area contributed by atoms with Gasteiger partial charge < -0.3 is 4.90 Å². The van der Waals surface area contributed by atoms with Crippen molar-refractivity contribution in [2.45, 2.75) is 13.1 Å². The van der Waals surface area contributed by atoms with Crippen LogP contribution in [0.3, 0.4) is 0 Å². The fourth-order valence-corrected chi connectivity index (χ4v) is 2.57. The van der Waals surface area contributed by atoms with E-state index in [9.17, 15) is 18.0 Å². The van der Waals surface area contributed by atoms with Gasteiger partial charge in [-0.05, 0) is 41.1 Å². The van der Waals surface area contributed by atoms with Gasteiger partial charge in [0.1, 0.15) is 6.54 Å². The maximum Gasteiger partial charge on any atom is 0.406 e. The Morgan fingerprint density at radius 1 is 1.42 bits per heavy atom. The van der Waals surface area contributed by atoms with E-state index < -0.39 is 18.6 Å². The summed E-state index contributed by atoms with van der Waals surface area (Å²) >= 11 is 5.05. The van der Waals surface area contributed by atoms with Gasteiger partial charge >= 0.3 is 6.18 Å². The van der Waals surface area contributed by atoms with Gasteiger partial charge in [-0.25, -0.2) is 0 Å². The quantitative estimate of drug-likeness (QED) is 0.502. The highest BCUT2D eigenvalue weighted by molar-refractivity contribution is 14.1. The standard InChI is InChI=1S/C12H12BrF3INO/c1-8-3-2-4-9(10(8)17)11(19)18(6-5-13)7-12(14,15)16/h2-4H,5-7H2,1H3. The van der Waals surface area contributed by atoms with E-state index in [1.165, 1.54) is 0 Å². The van der Waals surface area contributed by atoms with Crippen LogP contribution in [0.5, 0.6) is 0 Å². The molecule has 0 aliphatic rings. The van der Waals surface area contributed by atoms with Crippen molar-refractivity contribution in [1.29, 1.82) is 0 Å². The number of halogens is 5. The Kier molecular flexibility index (Phi) is 6.10. The smallest absolute Gasteiger partial charge is 0.329 e. The molecule has 106 valence electrons. The second-order valence-corrected chi connectivity index (χ2v) is 5.84. The average molecular weight is 450 g/mol. The number of amides is 1. The zero-order valence-corrected chi connectivity index (χ0v) is 13.8. The molecule has 0 radical (unpaired) electrons. The van der Waals surface area contributed by atoms with Gasteiger partial charge in [-0.15, -0.1) is 0 Å². The number of benzene rings is 1. The largest absolute Gasteiger partial charge is 0.406 e. The summed E-state index contributed by atoms with van der Waals surface area (Å²) in [5.41, 5.74) is 1.18. The average Bonchev–Trinajstić information content (AvgIpc) is 2.30. The molecule has 7 heteroatoms. The van der Waals surface area contributed by atoms with Gasteiger partial charge in [0, 0.05) is 15.4 Å². The van der Waals surface area contributed by atoms with Gasteiger partial charge in [0.05, 0.1) is 5.56 Å². The third-order valence-corrected chi connectivity index (χ3v) is 4.22. The number of hydrogen-bond acceptors (Lipinski definition) is 1. The minimum Gasteiger partial charge on any atom is -0.329 e. The Bertz CT molecular complexity index is 465. The third kappa shape index (κ3) is 4.94. The molecule has 0 spiro atoms. The summed E-state index contributed by atoms with van der Waals surface area (Å²) in [5, 5.41) is 0.303. The van der Waals surface area contributed by atoms with Crippen molar-refractivity contribution in [1.82, 2.24) is 4.90 Å². The predicted octanol–water partition coefficient (Wildman–Crippen LogP) is 4.00. The minimum absolute atomic E-state index is 0.0162. The number of carbonyl (C=O) groups excluding carboxylic acids is 1. The van der Waals surface area contributed by atoms with Gasteiger partial charge in [0.25, 0.3) is 5.91 Å². The van der Waals surface area contributed by atoms with Crippen LogP contribution in [0.2, 0.25) is 0 Å². The normalized spacial score (nSPS) is 11.5. The van der Waals surface area contributed by atoms with Crippen molar-refractivity contribution in [2.24, 2.45) is 0 Å². The van der Waals surface area contributed by atoms with E-state index in [-0.39, 0.29) is 6.54 Å². The summed E-state index contributed by atoms with van der Waals surface area (Å²) in [6.07, 6.45) is -4.40. The Morgan fingerprint density at radius 2 is 2.05 bits per heavy atom. The van der Waals surface area contributed by atoms with Crippen molar-refractivity contribution >= 4 is 44.4 Å². The number of alkyl halides is 4. The van der Waals surface area contributed by atoms with Gasteiger partial charge in [-0.3, -0.25) is 4.79 Å². The van der Waals surface area contributed by atoms with Crippen LogP contribution in [-0.2, 0) is 0 Å². The summed E-state index contributed by atoms with van der Waals surface area (Å²) in [4.78, 5) is 13.0. The molecule has 0 bridgehead atoms. The van der Waals surface area contributed by atoms with Crippen molar-refractivity contribution in [3.8, 4) is 0 Å². The highest BCUT2D eigenvalue weighted by atomic mass is 127. The molecular weight excluding hydrogens is 438 g/mol. The van der Waals surface area contributed by atoms with Crippen molar-refractivity contribution < 1.29 is 18.0 Å². The van der Waals surface area contributed by atoms with E-state index in [1.54, 1.807) is 12.1 Å². The van der Waals surface area contributed by atoms with E-state index in [0.29, 0.717) is 14.5 Å². The van der Waals surface area contributed by atoms with E-state index in [4.69, 9.17) is 0 Å². The van der Waals surface area contributed by atoms with Crippen molar-refractivity contribution in [2.75, 3.05) is 18.4 Å². The molecule has 1 aromatic carbocycles. The molecule has 1 aromatic rings. The lowest BCUT2D eigenvalue weighted by molar-refractivity contribution is -0.140. The monoisotopic (exact) mass is 449 g/mol. The lowest BCUT2D eigenvalue weighted by Gasteiger charge is -2.24. The third-order valence-electron chi connectivity index (χ3n) is 2.43. The fourth-order valence-electron chi connectivity index (χ4n) is 1.55. The van der Waals surface area contributed by atoms with Gasteiger partial charge in [-0.2, -0.15) is 13.2 Å². The molecule has 0 fully saturated rings.